The molecule has 0 aliphatic heterocycles. The van der Waals surface area contributed by atoms with Crippen LogP contribution in [0.25, 0.3) is 0 Å². The summed E-state index contributed by atoms with van der Waals surface area (Å²) < 4.78 is 5.60. The standard InChI is InChI=1S/C21H22BrClN2O4/c1-13(26)24-18(10-14-6-4-3-5-7-14)20(27)25-19(21(28)29-2)12-15-11-16(23)8-9-17(15)22/h3-9,11,18-19H,10,12H2,1-2H3,(H,24,26)(H,25,27)/t18-,19-/m1/s1. The zero-order valence-electron chi connectivity index (χ0n) is 16.1. The molecule has 2 N–H and O–H groups in total. The molecule has 0 radical (unpaired) electrons. The third-order valence-electron chi connectivity index (χ3n) is 4.21. The zero-order valence-corrected chi connectivity index (χ0v) is 18.4. The van der Waals surface area contributed by atoms with Crippen molar-refractivity contribution < 1.29 is 19.1 Å². The molecule has 0 aromatic heterocycles. The van der Waals surface area contributed by atoms with Gasteiger partial charge in [-0.15, -0.1) is 0 Å². The number of esters is 1. The van der Waals surface area contributed by atoms with E-state index in [1.807, 2.05) is 30.3 Å². The highest BCUT2D eigenvalue weighted by atomic mass is 79.9. The molecule has 2 aromatic carbocycles. The van der Waals surface area contributed by atoms with Crippen LogP contribution in [0.4, 0.5) is 0 Å². The monoisotopic (exact) mass is 480 g/mol. The van der Waals surface area contributed by atoms with E-state index in [1.165, 1.54) is 14.0 Å². The molecule has 0 spiro atoms. The van der Waals surface area contributed by atoms with Gasteiger partial charge >= 0.3 is 5.97 Å². The highest BCUT2D eigenvalue weighted by Crippen LogP contribution is 2.22. The van der Waals surface area contributed by atoms with Crippen molar-refractivity contribution in [2.75, 3.05) is 7.11 Å². The smallest absolute Gasteiger partial charge is 0.328 e. The molecule has 0 saturated carbocycles. The highest BCUT2D eigenvalue weighted by molar-refractivity contribution is 9.10. The van der Waals surface area contributed by atoms with E-state index < -0.39 is 24.0 Å². The Morgan fingerprint density at radius 3 is 2.34 bits per heavy atom. The van der Waals surface area contributed by atoms with Crippen LogP contribution in [-0.2, 0) is 32.0 Å². The fourth-order valence-corrected chi connectivity index (χ4v) is 3.44. The third kappa shape index (κ3) is 7.18. The van der Waals surface area contributed by atoms with Crippen molar-refractivity contribution >= 4 is 45.3 Å². The predicted octanol–water partition coefficient (Wildman–Crippen LogP) is 3.05. The van der Waals surface area contributed by atoms with Gasteiger partial charge in [-0.25, -0.2) is 4.79 Å². The number of hydrogen-bond donors (Lipinski definition) is 2. The van der Waals surface area contributed by atoms with Gasteiger partial charge in [0.25, 0.3) is 0 Å². The molecular formula is C21H22BrClN2O4. The first-order valence-corrected chi connectivity index (χ1v) is 10.1. The van der Waals surface area contributed by atoms with Crippen molar-refractivity contribution in [1.29, 1.82) is 0 Å². The second kappa shape index (κ2) is 11.0. The van der Waals surface area contributed by atoms with E-state index >= 15 is 0 Å². The Morgan fingerprint density at radius 2 is 1.72 bits per heavy atom. The summed E-state index contributed by atoms with van der Waals surface area (Å²) in [4.78, 5) is 36.8. The number of carbonyl (C=O) groups is 3. The quantitative estimate of drug-likeness (QED) is 0.568. The van der Waals surface area contributed by atoms with Gasteiger partial charge in [0.1, 0.15) is 12.1 Å². The lowest BCUT2D eigenvalue weighted by Crippen LogP contribution is -2.53. The number of rotatable bonds is 8. The number of carbonyl (C=O) groups excluding carboxylic acids is 3. The van der Waals surface area contributed by atoms with Crippen LogP contribution in [0.3, 0.4) is 0 Å². The number of methoxy groups -OCH3 is 1. The van der Waals surface area contributed by atoms with E-state index in [1.54, 1.807) is 18.2 Å². The molecule has 2 aromatic rings. The normalized spacial score (nSPS) is 12.6. The maximum atomic E-state index is 12.9. The molecule has 0 heterocycles. The fourth-order valence-electron chi connectivity index (χ4n) is 2.83. The summed E-state index contributed by atoms with van der Waals surface area (Å²) in [6.07, 6.45) is 0.471. The van der Waals surface area contributed by atoms with Gasteiger partial charge < -0.3 is 15.4 Å². The number of halogens is 2. The fraction of sp³-hybridized carbons (Fsp3) is 0.286. The number of hydrogen-bond acceptors (Lipinski definition) is 4. The maximum Gasteiger partial charge on any atom is 0.328 e. The summed E-state index contributed by atoms with van der Waals surface area (Å²) in [5.74, 6) is -1.41. The molecule has 2 atom stereocenters. The number of ether oxygens (including phenoxy) is 1. The van der Waals surface area contributed by atoms with Crippen molar-refractivity contribution in [3.05, 3.63) is 69.2 Å². The summed E-state index contributed by atoms with van der Waals surface area (Å²) in [6, 6.07) is 12.7. The van der Waals surface area contributed by atoms with Crippen LogP contribution in [0.15, 0.2) is 53.0 Å². The molecule has 0 unspecified atom stereocenters. The minimum atomic E-state index is -0.936. The van der Waals surface area contributed by atoms with Crippen LogP contribution >= 0.6 is 27.5 Å². The molecule has 154 valence electrons. The third-order valence-corrected chi connectivity index (χ3v) is 5.22. The maximum absolute atomic E-state index is 12.9. The predicted molar refractivity (Wildman–Crippen MR) is 115 cm³/mol. The lowest BCUT2D eigenvalue weighted by molar-refractivity contribution is -0.145. The Balaban J connectivity index is 2.20. The van der Waals surface area contributed by atoms with Crippen molar-refractivity contribution in [3.8, 4) is 0 Å². The molecule has 2 amide bonds. The molecule has 8 heteroatoms. The van der Waals surface area contributed by atoms with Crippen molar-refractivity contribution in [3.63, 3.8) is 0 Å². The molecule has 0 fully saturated rings. The van der Waals surface area contributed by atoms with Gasteiger partial charge in [0.2, 0.25) is 11.8 Å². The largest absolute Gasteiger partial charge is 0.467 e. The average Bonchev–Trinajstić information content (AvgIpc) is 2.69. The van der Waals surface area contributed by atoms with E-state index in [-0.39, 0.29) is 12.3 Å². The van der Waals surface area contributed by atoms with Crippen LogP contribution in [0, 0.1) is 0 Å². The van der Waals surface area contributed by atoms with E-state index in [2.05, 4.69) is 26.6 Å². The van der Waals surface area contributed by atoms with Gasteiger partial charge in [-0.1, -0.05) is 57.9 Å². The molecule has 6 nitrogen and oxygen atoms in total. The lowest BCUT2D eigenvalue weighted by atomic mass is 10.0. The Labute approximate surface area is 183 Å². The second-order valence-electron chi connectivity index (χ2n) is 6.47. The first-order chi connectivity index (χ1) is 13.8. The number of benzene rings is 2. The van der Waals surface area contributed by atoms with Crippen LogP contribution in [0.1, 0.15) is 18.1 Å². The molecule has 2 rings (SSSR count). The van der Waals surface area contributed by atoms with Gasteiger partial charge in [0.15, 0.2) is 0 Å². The Morgan fingerprint density at radius 1 is 1.03 bits per heavy atom. The van der Waals surface area contributed by atoms with E-state index in [4.69, 9.17) is 16.3 Å². The van der Waals surface area contributed by atoms with Gasteiger partial charge in [-0.3, -0.25) is 9.59 Å². The van der Waals surface area contributed by atoms with Crippen molar-refractivity contribution in [1.82, 2.24) is 10.6 Å². The van der Waals surface area contributed by atoms with Crippen LogP contribution in [0.2, 0.25) is 5.02 Å². The Bertz CT molecular complexity index is 876. The topological polar surface area (TPSA) is 84.5 Å². The van der Waals surface area contributed by atoms with Gasteiger partial charge in [-0.2, -0.15) is 0 Å². The first-order valence-electron chi connectivity index (χ1n) is 8.93. The average molecular weight is 482 g/mol. The van der Waals surface area contributed by atoms with Crippen LogP contribution in [-0.4, -0.2) is 37.0 Å². The number of nitrogens with one attached hydrogen (secondary N) is 2. The summed E-state index contributed by atoms with van der Waals surface area (Å²) >= 11 is 9.47. The molecule has 0 bridgehead atoms. The first kappa shape index (κ1) is 22.9. The van der Waals surface area contributed by atoms with Gasteiger partial charge in [0.05, 0.1) is 7.11 Å². The SMILES string of the molecule is COC(=O)[C@@H](Cc1cc(Cl)ccc1Br)NC(=O)[C@@H](Cc1ccccc1)NC(C)=O. The van der Waals surface area contributed by atoms with E-state index in [0.29, 0.717) is 11.4 Å². The minimum Gasteiger partial charge on any atom is -0.467 e. The molecule has 29 heavy (non-hydrogen) atoms. The molecule has 0 saturated heterocycles. The van der Waals surface area contributed by atoms with Crippen molar-refractivity contribution in [2.24, 2.45) is 0 Å². The Hall–Kier alpha value is -2.38. The van der Waals surface area contributed by atoms with Crippen molar-refractivity contribution in [2.45, 2.75) is 31.8 Å². The molecule has 0 aliphatic rings. The second-order valence-corrected chi connectivity index (χ2v) is 7.76. The summed E-state index contributed by atoms with van der Waals surface area (Å²) in [7, 11) is 1.25. The number of amides is 2. The summed E-state index contributed by atoms with van der Waals surface area (Å²) in [5.41, 5.74) is 1.63. The van der Waals surface area contributed by atoms with Gasteiger partial charge in [0, 0.05) is 29.3 Å². The minimum absolute atomic E-state index is 0.178. The molecule has 0 aliphatic carbocycles. The lowest BCUT2D eigenvalue weighted by Gasteiger charge is -2.22. The van der Waals surface area contributed by atoms with Gasteiger partial charge in [-0.05, 0) is 29.3 Å². The van der Waals surface area contributed by atoms with Crippen LogP contribution in [0.5, 0.6) is 0 Å². The highest BCUT2D eigenvalue weighted by Gasteiger charge is 2.27. The zero-order chi connectivity index (χ0) is 21.4. The molecular weight excluding hydrogens is 460 g/mol. The van der Waals surface area contributed by atoms with E-state index in [9.17, 15) is 14.4 Å². The summed E-state index contributed by atoms with van der Waals surface area (Å²) in [5, 5.41) is 5.85. The Kier molecular flexibility index (Phi) is 8.67. The van der Waals surface area contributed by atoms with E-state index in [0.717, 1.165) is 15.6 Å². The van der Waals surface area contributed by atoms with Crippen LogP contribution < -0.4 is 10.6 Å². The summed E-state index contributed by atoms with van der Waals surface area (Å²) in [6.45, 7) is 1.34.